The van der Waals surface area contributed by atoms with Gasteiger partial charge in [0.1, 0.15) is 10.9 Å². The van der Waals surface area contributed by atoms with E-state index in [2.05, 4.69) is 4.74 Å². The first kappa shape index (κ1) is 16.1. The Bertz CT molecular complexity index is 595. The number of carbonyl (C=O) groups is 2. The van der Waals surface area contributed by atoms with Crippen molar-refractivity contribution < 1.29 is 14.3 Å². The van der Waals surface area contributed by atoms with Gasteiger partial charge in [0, 0.05) is 13.2 Å². The molecule has 0 bridgehead atoms. The number of carbonyl (C=O) groups excluding carboxylic acids is 2. The number of methoxy groups -OCH3 is 1. The first-order valence-corrected chi connectivity index (χ1v) is 8.13. The van der Waals surface area contributed by atoms with E-state index in [4.69, 9.17) is 12.2 Å². The molecule has 0 N–H and O–H groups in total. The first-order chi connectivity index (χ1) is 9.93. The van der Waals surface area contributed by atoms with Crippen molar-refractivity contribution in [2.45, 2.75) is 6.92 Å². The maximum absolute atomic E-state index is 12.4. The summed E-state index contributed by atoms with van der Waals surface area (Å²) in [6.07, 6.45) is 3.89. The summed E-state index contributed by atoms with van der Waals surface area (Å²) in [6, 6.07) is 0. The summed E-state index contributed by atoms with van der Waals surface area (Å²) in [6.45, 7) is 1.72. The number of hydrogen-bond donors (Lipinski definition) is 0. The Morgan fingerprint density at radius 1 is 1.52 bits per heavy atom. The molecule has 112 valence electrons. The molecule has 0 atom stereocenters. The quantitative estimate of drug-likeness (QED) is 0.443. The van der Waals surface area contributed by atoms with Gasteiger partial charge in [0.05, 0.1) is 17.0 Å². The molecule has 1 fully saturated rings. The Hall–Kier alpha value is -1.25. The number of thioether (sulfide) groups is 2. The van der Waals surface area contributed by atoms with Crippen LogP contribution in [0.15, 0.2) is 33.2 Å². The van der Waals surface area contributed by atoms with Gasteiger partial charge in [0.25, 0.3) is 5.91 Å². The van der Waals surface area contributed by atoms with Crippen molar-refractivity contribution >= 4 is 51.9 Å². The third-order valence-electron chi connectivity index (χ3n) is 2.88. The summed E-state index contributed by atoms with van der Waals surface area (Å²) in [4.78, 5) is 27.5. The summed E-state index contributed by atoms with van der Waals surface area (Å²) in [7, 11) is 3.23. The number of hydrogen-bond acceptors (Lipinski definition) is 7. The van der Waals surface area contributed by atoms with Gasteiger partial charge in [-0.3, -0.25) is 14.5 Å². The van der Waals surface area contributed by atoms with Crippen LogP contribution in [0.1, 0.15) is 6.92 Å². The number of rotatable bonds is 3. The third kappa shape index (κ3) is 3.50. The highest BCUT2D eigenvalue weighted by atomic mass is 32.2. The lowest BCUT2D eigenvalue weighted by atomic mass is 10.2. The summed E-state index contributed by atoms with van der Waals surface area (Å²) in [5.41, 5.74) is 0.831. The average molecular weight is 342 g/mol. The molecule has 0 aromatic heterocycles. The number of thiocarbonyl (C=S) groups is 1. The second-order valence-corrected chi connectivity index (χ2v) is 6.91. The average Bonchev–Trinajstić information content (AvgIpc) is 2.97. The molecule has 1 saturated heterocycles. The van der Waals surface area contributed by atoms with Crippen LogP contribution in [0.5, 0.6) is 0 Å². The van der Waals surface area contributed by atoms with Crippen LogP contribution in [-0.2, 0) is 14.3 Å². The molecule has 5 nitrogen and oxygen atoms in total. The van der Waals surface area contributed by atoms with E-state index in [9.17, 15) is 9.59 Å². The fraction of sp³-hybridized carbons (Fsp3) is 0.308. The van der Waals surface area contributed by atoms with Gasteiger partial charge in [-0.05, 0) is 24.0 Å². The Kier molecular flexibility index (Phi) is 5.13. The highest BCUT2D eigenvalue weighted by Gasteiger charge is 2.34. The Balaban J connectivity index is 2.21. The molecule has 2 aliphatic heterocycles. The lowest BCUT2D eigenvalue weighted by Crippen LogP contribution is -2.34. The smallest absolute Gasteiger partial charge is 0.325 e. The van der Waals surface area contributed by atoms with E-state index in [1.54, 1.807) is 11.8 Å². The van der Waals surface area contributed by atoms with Gasteiger partial charge in [-0.1, -0.05) is 35.7 Å². The first-order valence-electron chi connectivity index (χ1n) is 6.03. The molecule has 0 aliphatic carbocycles. The normalized spacial score (nSPS) is 22.5. The lowest BCUT2D eigenvalue weighted by Gasteiger charge is -2.12. The van der Waals surface area contributed by atoms with Gasteiger partial charge < -0.3 is 9.64 Å². The topological polar surface area (TPSA) is 49.9 Å². The van der Waals surface area contributed by atoms with Gasteiger partial charge in [0.15, 0.2) is 0 Å². The zero-order valence-corrected chi connectivity index (χ0v) is 14.2. The van der Waals surface area contributed by atoms with Crippen LogP contribution in [0, 0.1) is 0 Å². The molecule has 2 aliphatic rings. The minimum atomic E-state index is -0.487. The molecular weight excluding hydrogens is 328 g/mol. The highest BCUT2D eigenvalue weighted by Crippen LogP contribution is 2.35. The molecule has 21 heavy (non-hydrogen) atoms. The number of amides is 1. The predicted octanol–water partition coefficient (Wildman–Crippen LogP) is 2.28. The molecule has 0 saturated carbocycles. The lowest BCUT2D eigenvalue weighted by molar-refractivity contribution is -0.143. The maximum atomic E-state index is 12.4. The van der Waals surface area contributed by atoms with Crippen LogP contribution in [0.4, 0.5) is 0 Å². The van der Waals surface area contributed by atoms with Gasteiger partial charge in [-0.15, -0.1) is 0 Å². The standard InChI is InChI=1S/C13H14N2O3S3/c1-8(6-9-14(2)4-5-20-9)11-12(17)15(13(19)21-11)7-10(16)18-3/h4-6H,7H2,1-3H3/b9-6-,11-8-. The van der Waals surface area contributed by atoms with Crippen LogP contribution >= 0.6 is 35.7 Å². The van der Waals surface area contributed by atoms with E-state index in [0.29, 0.717) is 9.23 Å². The molecule has 2 heterocycles. The number of allylic oxidation sites excluding steroid dienone is 2. The number of esters is 1. The monoisotopic (exact) mass is 342 g/mol. The van der Waals surface area contributed by atoms with E-state index >= 15 is 0 Å². The molecule has 0 unspecified atom stereocenters. The molecule has 1 amide bonds. The third-order valence-corrected chi connectivity index (χ3v) is 5.35. The number of nitrogens with zero attached hydrogens (tertiary/aromatic N) is 2. The molecule has 2 rings (SSSR count). The van der Waals surface area contributed by atoms with Gasteiger partial charge in [-0.2, -0.15) is 0 Å². The highest BCUT2D eigenvalue weighted by molar-refractivity contribution is 8.26. The predicted molar refractivity (Wildman–Crippen MR) is 89.2 cm³/mol. The van der Waals surface area contributed by atoms with Crippen LogP contribution in [0.25, 0.3) is 0 Å². The van der Waals surface area contributed by atoms with E-state index < -0.39 is 5.97 Å². The fourth-order valence-corrected chi connectivity index (χ4v) is 3.81. The van der Waals surface area contributed by atoms with Crippen molar-refractivity contribution in [2.75, 3.05) is 20.7 Å². The van der Waals surface area contributed by atoms with Crippen LogP contribution in [-0.4, -0.2) is 46.7 Å². The molecule has 0 aromatic rings. The second kappa shape index (κ2) is 6.67. The summed E-state index contributed by atoms with van der Waals surface area (Å²) >= 11 is 7.96. The van der Waals surface area contributed by atoms with Crippen LogP contribution < -0.4 is 0 Å². The summed E-state index contributed by atoms with van der Waals surface area (Å²) < 4.78 is 4.96. The largest absolute Gasteiger partial charge is 0.468 e. The van der Waals surface area contributed by atoms with E-state index in [-0.39, 0.29) is 12.5 Å². The number of ether oxygens (including phenoxy) is 1. The Labute approximate surface area is 137 Å². The summed E-state index contributed by atoms with van der Waals surface area (Å²) in [5, 5.41) is 3.01. The van der Waals surface area contributed by atoms with E-state index in [1.807, 2.05) is 36.6 Å². The van der Waals surface area contributed by atoms with Gasteiger partial charge in [0.2, 0.25) is 0 Å². The van der Waals surface area contributed by atoms with Gasteiger partial charge in [-0.25, -0.2) is 0 Å². The molecular formula is C13H14N2O3S3. The minimum absolute atomic E-state index is 0.148. The van der Waals surface area contributed by atoms with Crippen molar-refractivity contribution in [1.29, 1.82) is 0 Å². The van der Waals surface area contributed by atoms with Crippen molar-refractivity contribution in [3.63, 3.8) is 0 Å². The van der Waals surface area contributed by atoms with Crippen LogP contribution in [0.2, 0.25) is 0 Å². The van der Waals surface area contributed by atoms with E-state index in [0.717, 1.165) is 10.6 Å². The molecule has 8 heteroatoms. The van der Waals surface area contributed by atoms with Crippen molar-refractivity contribution in [2.24, 2.45) is 0 Å². The Morgan fingerprint density at radius 3 is 2.81 bits per heavy atom. The van der Waals surface area contributed by atoms with Gasteiger partial charge >= 0.3 is 5.97 Å². The Morgan fingerprint density at radius 2 is 2.24 bits per heavy atom. The van der Waals surface area contributed by atoms with E-state index in [1.165, 1.54) is 23.8 Å². The zero-order chi connectivity index (χ0) is 15.6. The van der Waals surface area contributed by atoms with Crippen molar-refractivity contribution in [3.8, 4) is 0 Å². The second-order valence-electron chi connectivity index (χ2n) is 4.34. The zero-order valence-electron chi connectivity index (χ0n) is 11.8. The molecule has 0 aromatic carbocycles. The minimum Gasteiger partial charge on any atom is -0.468 e. The molecule has 0 radical (unpaired) electrons. The van der Waals surface area contributed by atoms with Crippen molar-refractivity contribution in [1.82, 2.24) is 9.80 Å². The molecule has 0 spiro atoms. The maximum Gasteiger partial charge on any atom is 0.325 e. The van der Waals surface area contributed by atoms with Crippen LogP contribution in [0.3, 0.4) is 0 Å². The summed E-state index contributed by atoms with van der Waals surface area (Å²) in [5.74, 6) is -0.734. The fourth-order valence-electron chi connectivity index (χ4n) is 1.71. The van der Waals surface area contributed by atoms with Crippen molar-refractivity contribution in [3.05, 3.63) is 33.2 Å². The SMILES string of the molecule is COC(=O)CN1C(=O)/C(=C(C)/C=C2\SC=CN2C)SC1=S.